The van der Waals surface area contributed by atoms with Crippen LogP contribution in [0.15, 0.2) is 11.7 Å². The number of rotatable bonds is 5. The Balaban J connectivity index is 1.80. The van der Waals surface area contributed by atoms with Gasteiger partial charge in [-0.3, -0.25) is 0 Å². The highest BCUT2D eigenvalue weighted by Crippen LogP contribution is 2.34. The molecule has 0 aromatic carbocycles. The molecule has 1 N–H and O–H groups in total. The number of hydrogen-bond acceptors (Lipinski definition) is 5. The minimum Gasteiger partial charge on any atom is -0.351 e. The lowest BCUT2D eigenvalue weighted by Gasteiger charge is -2.26. The molecule has 2 aromatic rings. The van der Waals surface area contributed by atoms with Crippen LogP contribution in [0.5, 0.6) is 0 Å². The molecule has 3 heterocycles. The topological polar surface area (TPSA) is 41.0 Å². The number of thiophene rings is 1. The van der Waals surface area contributed by atoms with Crippen LogP contribution in [0.3, 0.4) is 0 Å². The van der Waals surface area contributed by atoms with Crippen LogP contribution in [0, 0.1) is 12.8 Å². The van der Waals surface area contributed by atoms with Gasteiger partial charge in [0, 0.05) is 19.1 Å². The second-order valence-electron chi connectivity index (χ2n) is 6.34. The molecule has 0 amide bonds. The Morgan fingerprint density at radius 2 is 2.29 bits per heavy atom. The van der Waals surface area contributed by atoms with Gasteiger partial charge in [0.25, 0.3) is 0 Å². The van der Waals surface area contributed by atoms with E-state index >= 15 is 0 Å². The number of nitrogens with zero attached hydrogens (tertiary/aromatic N) is 3. The molecule has 4 nitrogen and oxygen atoms in total. The molecule has 21 heavy (non-hydrogen) atoms. The van der Waals surface area contributed by atoms with Gasteiger partial charge in [0.2, 0.25) is 0 Å². The molecule has 0 aliphatic carbocycles. The summed E-state index contributed by atoms with van der Waals surface area (Å²) in [5.41, 5.74) is 2.37. The van der Waals surface area contributed by atoms with Gasteiger partial charge in [0.1, 0.15) is 12.1 Å². The predicted octanol–water partition coefficient (Wildman–Crippen LogP) is 3.21. The number of nitrogens with one attached hydrogen (secondary N) is 1. The van der Waals surface area contributed by atoms with Crippen LogP contribution >= 0.6 is 11.3 Å². The van der Waals surface area contributed by atoms with Crippen molar-refractivity contribution in [2.24, 2.45) is 5.92 Å². The van der Waals surface area contributed by atoms with Crippen molar-refractivity contribution in [3.05, 3.63) is 17.3 Å². The van der Waals surface area contributed by atoms with Gasteiger partial charge in [-0.15, -0.1) is 11.3 Å². The highest BCUT2D eigenvalue weighted by molar-refractivity contribution is 7.18. The Bertz CT molecular complexity index is 607. The monoisotopic (exact) mass is 304 g/mol. The lowest BCUT2D eigenvalue weighted by Crippen LogP contribution is -2.39. The van der Waals surface area contributed by atoms with Gasteiger partial charge in [-0.25, -0.2) is 9.97 Å². The SMILES string of the molecule is Cc1csc2c(N3CCCC3CNCC(C)C)ncnc12. The summed E-state index contributed by atoms with van der Waals surface area (Å²) in [7, 11) is 0. The van der Waals surface area contributed by atoms with E-state index in [4.69, 9.17) is 0 Å². The number of aromatic nitrogens is 2. The third-order valence-corrected chi connectivity index (χ3v) is 5.18. The third kappa shape index (κ3) is 3.04. The summed E-state index contributed by atoms with van der Waals surface area (Å²) in [4.78, 5) is 11.5. The summed E-state index contributed by atoms with van der Waals surface area (Å²) >= 11 is 1.77. The Morgan fingerprint density at radius 3 is 3.10 bits per heavy atom. The van der Waals surface area contributed by atoms with Crippen LogP contribution in [-0.2, 0) is 0 Å². The number of fused-ring (bicyclic) bond motifs is 1. The van der Waals surface area contributed by atoms with E-state index in [9.17, 15) is 0 Å². The van der Waals surface area contributed by atoms with E-state index < -0.39 is 0 Å². The van der Waals surface area contributed by atoms with Crippen LogP contribution < -0.4 is 10.2 Å². The molecule has 2 aromatic heterocycles. The zero-order valence-corrected chi connectivity index (χ0v) is 13.9. The minimum absolute atomic E-state index is 0.559. The van der Waals surface area contributed by atoms with E-state index in [0.29, 0.717) is 12.0 Å². The molecule has 3 rings (SSSR count). The largest absolute Gasteiger partial charge is 0.351 e. The van der Waals surface area contributed by atoms with Crippen molar-refractivity contribution in [1.29, 1.82) is 0 Å². The van der Waals surface area contributed by atoms with Crippen LogP contribution in [0.1, 0.15) is 32.3 Å². The molecule has 1 aliphatic heterocycles. The van der Waals surface area contributed by atoms with Crippen LogP contribution in [0.2, 0.25) is 0 Å². The maximum Gasteiger partial charge on any atom is 0.150 e. The van der Waals surface area contributed by atoms with Crippen molar-refractivity contribution in [2.45, 2.75) is 39.7 Å². The van der Waals surface area contributed by atoms with Crippen molar-refractivity contribution in [2.75, 3.05) is 24.5 Å². The molecule has 5 heteroatoms. The lowest BCUT2D eigenvalue weighted by molar-refractivity contribution is 0.511. The van der Waals surface area contributed by atoms with Crippen molar-refractivity contribution in [3.8, 4) is 0 Å². The van der Waals surface area contributed by atoms with Crippen molar-refractivity contribution < 1.29 is 0 Å². The van der Waals surface area contributed by atoms with E-state index in [1.54, 1.807) is 17.7 Å². The maximum atomic E-state index is 4.59. The highest BCUT2D eigenvalue weighted by Gasteiger charge is 2.27. The summed E-state index contributed by atoms with van der Waals surface area (Å²) in [5, 5.41) is 5.78. The number of anilines is 1. The lowest BCUT2D eigenvalue weighted by atomic mass is 10.2. The molecule has 1 fully saturated rings. The molecule has 114 valence electrons. The van der Waals surface area contributed by atoms with E-state index in [0.717, 1.165) is 31.0 Å². The molecule has 1 atom stereocenters. The standard InChI is InChI=1S/C16H24N4S/c1-11(2)7-17-8-13-5-4-6-20(13)16-15-14(18-10-19-16)12(3)9-21-15/h9-11,13,17H,4-8H2,1-3H3. The fourth-order valence-electron chi connectivity index (χ4n) is 3.03. The summed E-state index contributed by atoms with van der Waals surface area (Å²) < 4.78 is 1.24. The molecular weight excluding hydrogens is 280 g/mol. The molecule has 0 saturated carbocycles. The Kier molecular flexibility index (Phi) is 4.40. The van der Waals surface area contributed by atoms with E-state index in [-0.39, 0.29) is 0 Å². The van der Waals surface area contributed by atoms with Gasteiger partial charge < -0.3 is 10.2 Å². The normalized spacial score (nSPS) is 19.0. The van der Waals surface area contributed by atoms with Gasteiger partial charge in [0.15, 0.2) is 0 Å². The first kappa shape index (κ1) is 14.7. The number of aryl methyl sites for hydroxylation is 1. The summed E-state index contributed by atoms with van der Waals surface area (Å²) in [6.07, 6.45) is 4.22. The van der Waals surface area contributed by atoms with Gasteiger partial charge in [-0.1, -0.05) is 13.8 Å². The fraction of sp³-hybridized carbons (Fsp3) is 0.625. The smallest absolute Gasteiger partial charge is 0.150 e. The van der Waals surface area contributed by atoms with Crippen LogP contribution in [0.25, 0.3) is 10.2 Å². The maximum absolute atomic E-state index is 4.59. The van der Waals surface area contributed by atoms with E-state index in [2.05, 4.69) is 46.3 Å². The fourth-order valence-corrected chi connectivity index (χ4v) is 4.03. The van der Waals surface area contributed by atoms with Gasteiger partial charge in [-0.2, -0.15) is 0 Å². The van der Waals surface area contributed by atoms with Crippen molar-refractivity contribution in [1.82, 2.24) is 15.3 Å². The quantitative estimate of drug-likeness (QED) is 0.921. The zero-order valence-electron chi connectivity index (χ0n) is 13.1. The third-order valence-electron chi connectivity index (χ3n) is 4.09. The highest BCUT2D eigenvalue weighted by atomic mass is 32.1. The van der Waals surface area contributed by atoms with Crippen molar-refractivity contribution in [3.63, 3.8) is 0 Å². The van der Waals surface area contributed by atoms with Crippen LogP contribution in [-0.4, -0.2) is 35.6 Å². The first-order valence-corrected chi connectivity index (χ1v) is 8.71. The molecule has 0 spiro atoms. The Hall–Kier alpha value is -1.20. The average Bonchev–Trinajstić information content (AvgIpc) is 3.06. The first-order chi connectivity index (χ1) is 10.2. The van der Waals surface area contributed by atoms with Crippen molar-refractivity contribution >= 4 is 27.4 Å². The Labute approximate surface area is 130 Å². The second-order valence-corrected chi connectivity index (χ2v) is 7.21. The molecule has 1 unspecified atom stereocenters. The van der Waals surface area contributed by atoms with Gasteiger partial charge in [-0.05, 0) is 43.2 Å². The average molecular weight is 304 g/mol. The molecular formula is C16H24N4S. The molecule has 1 aliphatic rings. The van der Waals surface area contributed by atoms with Gasteiger partial charge >= 0.3 is 0 Å². The first-order valence-electron chi connectivity index (χ1n) is 7.83. The predicted molar refractivity (Wildman–Crippen MR) is 90.2 cm³/mol. The minimum atomic E-state index is 0.559. The summed E-state index contributed by atoms with van der Waals surface area (Å²) in [6.45, 7) is 9.87. The Morgan fingerprint density at radius 1 is 1.43 bits per heavy atom. The van der Waals surface area contributed by atoms with E-state index in [1.807, 2.05) is 0 Å². The van der Waals surface area contributed by atoms with Crippen LogP contribution in [0.4, 0.5) is 5.82 Å². The zero-order chi connectivity index (χ0) is 14.8. The summed E-state index contributed by atoms with van der Waals surface area (Å²) in [6, 6.07) is 0.559. The van der Waals surface area contributed by atoms with Gasteiger partial charge in [0.05, 0.1) is 10.2 Å². The molecule has 0 bridgehead atoms. The molecule has 1 saturated heterocycles. The number of hydrogen-bond donors (Lipinski definition) is 1. The van der Waals surface area contributed by atoms with E-state index in [1.165, 1.54) is 23.1 Å². The second kappa shape index (κ2) is 6.28. The molecule has 0 radical (unpaired) electrons. The summed E-state index contributed by atoms with van der Waals surface area (Å²) in [5.74, 6) is 1.83.